The van der Waals surface area contributed by atoms with Crippen LogP contribution in [-0.2, 0) is 4.79 Å². The molecule has 3 aromatic rings. The lowest BCUT2D eigenvalue weighted by molar-refractivity contribution is -0.123. The van der Waals surface area contributed by atoms with E-state index in [-0.39, 0.29) is 6.61 Å². The van der Waals surface area contributed by atoms with Crippen LogP contribution >= 0.6 is 15.9 Å². The van der Waals surface area contributed by atoms with Gasteiger partial charge in [-0.15, -0.1) is 0 Å². The molecule has 0 aliphatic carbocycles. The van der Waals surface area contributed by atoms with Crippen molar-refractivity contribution >= 4 is 34.0 Å². The normalized spacial score (nSPS) is 10.7. The Labute approximate surface area is 206 Å². The molecule has 0 atom stereocenters. The fraction of sp³-hybridized carbons (Fsp3) is 0.192. The number of amides is 1. The molecule has 0 unspecified atom stereocenters. The van der Waals surface area contributed by atoms with E-state index in [0.717, 1.165) is 15.6 Å². The first-order valence-corrected chi connectivity index (χ1v) is 11.4. The molecular weight excluding hydrogens is 500 g/mol. The summed E-state index contributed by atoms with van der Waals surface area (Å²) in [5.41, 5.74) is 5.55. The number of carbonyl (C=O) groups excluding carboxylic acids is 2. The highest BCUT2D eigenvalue weighted by molar-refractivity contribution is 9.10. The van der Waals surface area contributed by atoms with Gasteiger partial charge in [-0.3, -0.25) is 4.79 Å². The third-order valence-corrected chi connectivity index (χ3v) is 5.19. The Bertz CT molecular complexity index is 1170. The van der Waals surface area contributed by atoms with Crippen LogP contribution in [0, 0.1) is 13.8 Å². The smallest absolute Gasteiger partial charge is 0.343 e. The molecule has 0 bridgehead atoms. The number of ether oxygens (including phenoxy) is 3. The van der Waals surface area contributed by atoms with E-state index in [2.05, 4.69) is 26.5 Å². The number of nitrogens with one attached hydrogen (secondary N) is 1. The Morgan fingerprint density at radius 3 is 2.47 bits per heavy atom. The molecular formula is C26H25BrN2O5. The summed E-state index contributed by atoms with van der Waals surface area (Å²) in [6.07, 6.45) is 1.47. The van der Waals surface area contributed by atoms with E-state index < -0.39 is 11.9 Å². The van der Waals surface area contributed by atoms with E-state index in [0.29, 0.717) is 35.0 Å². The van der Waals surface area contributed by atoms with E-state index in [9.17, 15) is 9.59 Å². The van der Waals surface area contributed by atoms with Crippen molar-refractivity contribution < 1.29 is 23.8 Å². The van der Waals surface area contributed by atoms with Gasteiger partial charge in [-0.1, -0.05) is 24.3 Å². The lowest BCUT2D eigenvalue weighted by Gasteiger charge is -2.12. The van der Waals surface area contributed by atoms with E-state index in [1.807, 2.05) is 39.0 Å². The van der Waals surface area contributed by atoms with Gasteiger partial charge in [0.05, 0.1) is 22.9 Å². The van der Waals surface area contributed by atoms with Crippen LogP contribution in [0.4, 0.5) is 0 Å². The Kier molecular flexibility index (Phi) is 8.81. The van der Waals surface area contributed by atoms with Crippen LogP contribution in [0.5, 0.6) is 17.2 Å². The van der Waals surface area contributed by atoms with E-state index in [1.54, 1.807) is 42.5 Å². The molecule has 176 valence electrons. The minimum absolute atomic E-state index is 0.182. The highest BCUT2D eigenvalue weighted by atomic mass is 79.9. The van der Waals surface area contributed by atoms with Gasteiger partial charge in [-0.2, -0.15) is 5.10 Å². The summed E-state index contributed by atoms with van der Waals surface area (Å²) in [6, 6.07) is 17.6. The second-order valence-corrected chi connectivity index (χ2v) is 8.22. The Balaban J connectivity index is 1.60. The van der Waals surface area contributed by atoms with Crippen LogP contribution in [0.3, 0.4) is 0 Å². The number of aryl methyl sites for hydroxylation is 2. The molecule has 0 heterocycles. The summed E-state index contributed by atoms with van der Waals surface area (Å²) in [7, 11) is 0. The molecule has 0 saturated heterocycles. The van der Waals surface area contributed by atoms with Gasteiger partial charge in [0.25, 0.3) is 5.91 Å². The average molecular weight is 525 g/mol. The number of hydrogen-bond donors (Lipinski definition) is 1. The van der Waals surface area contributed by atoms with Gasteiger partial charge in [-0.05, 0) is 89.8 Å². The third-order valence-electron chi connectivity index (χ3n) is 4.60. The molecule has 0 aromatic heterocycles. The summed E-state index contributed by atoms with van der Waals surface area (Å²) >= 11 is 3.46. The van der Waals surface area contributed by atoms with Gasteiger partial charge in [0.15, 0.2) is 18.1 Å². The standard InChI is InChI=1S/C26H25BrN2O5/c1-4-32-23-14-19(10-11-22(23)34-26(31)20-8-6-5-7-9-20)15-28-29-24(30)16-33-25-18(3)12-17(2)13-21(25)27/h5-15H,4,16H2,1-3H3,(H,29,30)/b28-15-. The van der Waals surface area contributed by atoms with Gasteiger partial charge < -0.3 is 14.2 Å². The first-order valence-electron chi connectivity index (χ1n) is 10.6. The maximum atomic E-state index is 12.4. The average Bonchev–Trinajstić information content (AvgIpc) is 2.80. The van der Waals surface area contributed by atoms with Crippen LogP contribution in [0.15, 0.2) is 70.2 Å². The summed E-state index contributed by atoms with van der Waals surface area (Å²) < 4.78 is 17.5. The highest BCUT2D eigenvalue weighted by Crippen LogP contribution is 2.30. The zero-order valence-corrected chi connectivity index (χ0v) is 20.7. The van der Waals surface area contributed by atoms with Crippen LogP contribution in [-0.4, -0.2) is 31.3 Å². The fourth-order valence-corrected chi connectivity index (χ4v) is 3.91. The molecule has 3 aromatic carbocycles. The highest BCUT2D eigenvalue weighted by Gasteiger charge is 2.13. The molecule has 7 nitrogen and oxygen atoms in total. The summed E-state index contributed by atoms with van der Waals surface area (Å²) in [6.45, 7) is 5.94. The molecule has 1 N–H and O–H groups in total. The number of halogens is 1. The van der Waals surface area contributed by atoms with Crippen LogP contribution in [0.25, 0.3) is 0 Å². The molecule has 0 saturated carbocycles. The molecule has 0 aliphatic heterocycles. The molecule has 1 amide bonds. The number of nitrogens with zero attached hydrogens (tertiary/aromatic N) is 1. The maximum absolute atomic E-state index is 12.4. The van der Waals surface area contributed by atoms with Gasteiger partial charge in [0, 0.05) is 0 Å². The van der Waals surface area contributed by atoms with Crippen molar-refractivity contribution in [3.8, 4) is 17.2 Å². The second kappa shape index (κ2) is 12.0. The molecule has 0 spiro atoms. The van der Waals surface area contributed by atoms with Crippen LogP contribution < -0.4 is 19.6 Å². The minimum Gasteiger partial charge on any atom is -0.490 e. The van der Waals surface area contributed by atoms with Gasteiger partial charge in [0.1, 0.15) is 5.75 Å². The predicted molar refractivity (Wildman–Crippen MR) is 134 cm³/mol. The van der Waals surface area contributed by atoms with Crippen LogP contribution in [0.2, 0.25) is 0 Å². The van der Waals surface area contributed by atoms with Crippen molar-refractivity contribution in [2.75, 3.05) is 13.2 Å². The van der Waals surface area contributed by atoms with Crippen molar-refractivity contribution in [2.45, 2.75) is 20.8 Å². The number of hydrogen-bond acceptors (Lipinski definition) is 6. The fourth-order valence-electron chi connectivity index (χ4n) is 3.12. The van der Waals surface area contributed by atoms with Gasteiger partial charge in [0.2, 0.25) is 0 Å². The molecule has 0 fully saturated rings. The second-order valence-electron chi connectivity index (χ2n) is 7.37. The lowest BCUT2D eigenvalue weighted by atomic mass is 10.1. The van der Waals surface area contributed by atoms with E-state index in [1.165, 1.54) is 6.21 Å². The summed E-state index contributed by atoms with van der Waals surface area (Å²) in [5.74, 6) is 0.424. The zero-order valence-electron chi connectivity index (χ0n) is 19.1. The van der Waals surface area contributed by atoms with Crippen molar-refractivity contribution in [3.63, 3.8) is 0 Å². The Morgan fingerprint density at radius 1 is 1.00 bits per heavy atom. The molecule has 8 heteroatoms. The maximum Gasteiger partial charge on any atom is 0.343 e. The number of hydrazone groups is 1. The first kappa shape index (κ1) is 25.0. The quantitative estimate of drug-likeness (QED) is 0.179. The first-order chi connectivity index (χ1) is 16.4. The minimum atomic E-state index is -0.481. The van der Waals surface area contributed by atoms with Crippen molar-refractivity contribution in [3.05, 3.63) is 87.4 Å². The largest absolute Gasteiger partial charge is 0.490 e. The van der Waals surface area contributed by atoms with Crippen molar-refractivity contribution in [2.24, 2.45) is 5.10 Å². The monoisotopic (exact) mass is 524 g/mol. The number of carbonyl (C=O) groups is 2. The van der Waals surface area contributed by atoms with Gasteiger partial charge >= 0.3 is 5.97 Å². The molecule has 0 radical (unpaired) electrons. The van der Waals surface area contributed by atoms with Gasteiger partial charge in [-0.25, -0.2) is 10.2 Å². The SMILES string of the molecule is CCOc1cc(/C=N\NC(=O)COc2c(C)cc(C)cc2Br)ccc1OC(=O)c1ccccc1. The number of benzene rings is 3. The van der Waals surface area contributed by atoms with E-state index in [4.69, 9.17) is 14.2 Å². The van der Waals surface area contributed by atoms with Crippen molar-refractivity contribution in [1.82, 2.24) is 5.43 Å². The summed E-state index contributed by atoms with van der Waals surface area (Å²) in [4.78, 5) is 24.5. The topological polar surface area (TPSA) is 86.2 Å². The van der Waals surface area contributed by atoms with E-state index >= 15 is 0 Å². The molecule has 34 heavy (non-hydrogen) atoms. The Hall–Kier alpha value is -3.65. The van der Waals surface area contributed by atoms with Crippen molar-refractivity contribution in [1.29, 1.82) is 0 Å². The zero-order chi connectivity index (χ0) is 24.5. The number of rotatable bonds is 9. The Morgan fingerprint density at radius 2 is 1.76 bits per heavy atom. The molecule has 3 rings (SSSR count). The predicted octanol–water partition coefficient (Wildman–Crippen LogP) is 5.21. The molecule has 0 aliphatic rings. The van der Waals surface area contributed by atoms with Crippen LogP contribution in [0.1, 0.15) is 34.0 Å². The summed E-state index contributed by atoms with van der Waals surface area (Å²) in [5, 5.41) is 3.97. The number of esters is 1. The third kappa shape index (κ3) is 6.92. The lowest BCUT2D eigenvalue weighted by Crippen LogP contribution is -2.24.